The van der Waals surface area contributed by atoms with Crippen LogP contribution in [0.15, 0.2) is 59.1 Å². The van der Waals surface area contributed by atoms with Gasteiger partial charge in [-0.3, -0.25) is 0 Å². The minimum absolute atomic E-state index is 0.705. The van der Waals surface area contributed by atoms with Gasteiger partial charge in [-0.1, -0.05) is 17.3 Å². The summed E-state index contributed by atoms with van der Waals surface area (Å²) in [5.41, 5.74) is 9.14. The lowest BCUT2D eigenvalue weighted by molar-refractivity contribution is 0.414. The molecule has 0 saturated carbocycles. The molecule has 3 aromatic rings. The van der Waals surface area contributed by atoms with Crippen molar-refractivity contribution in [2.24, 2.45) is 0 Å². The van der Waals surface area contributed by atoms with Gasteiger partial charge in [-0.15, -0.1) is 0 Å². The Labute approximate surface area is 116 Å². The maximum atomic E-state index is 5.77. The molecule has 0 atom stereocenters. The molecule has 0 spiro atoms. The van der Waals surface area contributed by atoms with Crippen LogP contribution in [0.3, 0.4) is 0 Å². The van der Waals surface area contributed by atoms with Crippen LogP contribution >= 0.6 is 0 Å². The van der Waals surface area contributed by atoms with Crippen LogP contribution in [0.5, 0.6) is 5.75 Å². The van der Waals surface area contributed by atoms with E-state index >= 15 is 0 Å². The fourth-order valence-corrected chi connectivity index (χ4v) is 2.00. The van der Waals surface area contributed by atoms with Gasteiger partial charge in [-0.25, -0.2) is 0 Å². The molecule has 0 amide bonds. The van der Waals surface area contributed by atoms with Gasteiger partial charge in [-0.2, -0.15) is 0 Å². The Hall–Kier alpha value is -2.75. The molecule has 0 fully saturated rings. The Morgan fingerprint density at radius 3 is 2.50 bits per heavy atom. The summed E-state index contributed by atoms with van der Waals surface area (Å²) >= 11 is 0. The van der Waals surface area contributed by atoms with Crippen molar-refractivity contribution in [1.29, 1.82) is 0 Å². The Morgan fingerprint density at radius 2 is 1.80 bits per heavy atom. The lowest BCUT2D eigenvalue weighted by Crippen LogP contribution is -1.84. The summed E-state index contributed by atoms with van der Waals surface area (Å²) in [5, 5.41) is 4.08. The van der Waals surface area contributed by atoms with E-state index in [1.165, 1.54) is 0 Å². The van der Waals surface area contributed by atoms with E-state index in [0.717, 1.165) is 22.6 Å². The number of ether oxygens (including phenoxy) is 1. The van der Waals surface area contributed by atoms with Crippen molar-refractivity contribution in [3.63, 3.8) is 0 Å². The molecule has 3 rings (SSSR count). The standard InChI is InChI=1S/C16H14N2O2/c1-19-14-7-5-11(6-8-14)16-10-15(18-20-16)12-3-2-4-13(17)9-12/h2-10H,17H2,1H3. The number of nitrogens with zero attached hydrogens (tertiary/aromatic N) is 1. The molecule has 100 valence electrons. The summed E-state index contributed by atoms with van der Waals surface area (Å²) in [6.07, 6.45) is 0. The van der Waals surface area contributed by atoms with E-state index in [-0.39, 0.29) is 0 Å². The van der Waals surface area contributed by atoms with Crippen molar-refractivity contribution in [3.05, 3.63) is 54.6 Å². The number of benzene rings is 2. The third-order valence-corrected chi connectivity index (χ3v) is 3.07. The molecule has 0 unspecified atom stereocenters. The maximum Gasteiger partial charge on any atom is 0.167 e. The highest BCUT2D eigenvalue weighted by molar-refractivity contribution is 5.69. The van der Waals surface area contributed by atoms with Gasteiger partial charge in [-0.05, 0) is 36.4 Å². The summed E-state index contributed by atoms with van der Waals surface area (Å²) in [6, 6.07) is 17.1. The van der Waals surface area contributed by atoms with Gasteiger partial charge in [0.1, 0.15) is 11.4 Å². The molecular weight excluding hydrogens is 252 g/mol. The van der Waals surface area contributed by atoms with Crippen LogP contribution in [-0.4, -0.2) is 12.3 Å². The van der Waals surface area contributed by atoms with E-state index in [0.29, 0.717) is 11.4 Å². The fourth-order valence-electron chi connectivity index (χ4n) is 2.00. The van der Waals surface area contributed by atoms with E-state index in [2.05, 4.69) is 5.16 Å². The van der Waals surface area contributed by atoms with Crippen molar-refractivity contribution in [3.8, 4) is 28.3 Å². The number of aromatic nitrogens is 1. The highest BCUT2D eigenvalue weighted by atomic mass is 16.5. The van der Waals surface area contributed by atoms with Gasteiger partial charge in [0.05, 0.1) is 7.11 Å². The minimum atomic E-state index is 0.705. The molecule has 1 aromatic heterocycles. The molecule has 0 radical (unpaired) electrons. The first-order valence-corrected chi connectivity index (χ1v) is 6.23. The highest BCUT2D eigenvalue weighted by Gasteiger charge is 2.08. The Bertz CT molecular complexity index is 717. The first-order valence-electron chi connectivity index (χ1n) is 6.23. The SMILES string of the molecule is COc1ccc(-c2cc(-c3cccc(N)c3)no2)cc1. The molecule has 2 N–H and O–H groups in total. The third kappa shape index (κ3) is 2.36. The van der Waals surface area contributed by atoms with Crippen LogP contribution in [0, 0.1) is 0 Å². The van der Waals surface area contributed by atoms with E-state index in [4.69, 9.17) is 15.0 Å². The molecule has 20 heavy (non-hydrogen) atoms. The van der Waals surface area contributed by atoms with Gasteiger partial charge in [0, 0.05) is 22.9 Å². The van der Waals surface area contributed by atoms with E-state index in [1.807, 2.05) is 54.6 Å². The third-order valence-electron chi connectivity index (χ3n) is 3.07. The second kappa shape index (κ2) is 5.09. The van der Waals surface area contributed by atoms with Crippen LogP contribution in [0.1, 0.15) is 0 Å². The van der Waals surface area contributed by atoms with Crippen molar-refractivity contribution in [1.82, 2.24) is 5.16 Å². The smallest absolute Gasteiger partial charge is 0.167 e. The zero-order chi connectivity index (χ0) is 13.9. The number of nitrogens with two attached hydrogens (primary N) is 1. The Kier molecular flexibility index (Phi) is 3.13. The minimum Gasteiger partial charge on any atom is -0.497 e. The summed E-state index contributed by atoms with van der Waals surface area (Å²) in [5.74, 6) is 1.52. The molecule has 4 nitrogen and oxygen atoms in total. The summed E-state index contributed by atoms with van der Waals surface area (Å²) in [7, 11) is 1.64. The zero-order valence-corrected chi connectivity index (χ0v) is 11.0. The molecule has 0 saturated heterocycles. The van der Waals surface area contributed by atoms with Gasteiger partial charge in [0.25, 0.3) is 0 Å². The predicted molar refractivity (Wildman–Crippen MR) is 78.3 cm³/mol. The molecule has 2 aromatic carbocycles. The van der Waals surface area contributed by atoms with Gasteiger partial charge >= 0.3 is 0 Å². The first kappa shape index (κ1) is 12.3. The van der Waals surface area contributed by atoms with Gasteiger partial charge < -0.3 is 15.0 Å². The number of hydrogen-bond acceptors (Lipinski definition) is 4. The Balaban J connectivity index is 1.93. The van der Waals surface area contributed by atoms with Crippen LogP contribution in [0.4, 0.5) is 5.69 Å². The average molecular weight is 266 g/mol. The number of rotatable bonds is 3. The van der Waals surface area contributed by atoms with Crippen LogP contribution in [0.25, 0.3) is 22.6 Å². The number of hydrogen-bond donors (Lipinski definition) is 1. The van der Waals surface area contributed by atoms with Crippen molar-refractivity contribution in [2.45, 2.75) is 0 Å². The van der Waals surface area contributed by atoms with Crippen LogP contribution < -0.4 is 10.5 Å². The van der Waals surface area contributed by atoms with E-state index in [1.54, 1.807) is 7.11 Å². The molecular formula is C16H14N2O2. The normalized spacial score (nSPS) is 10.4. The monoisotopic (exact) mass is 266 g/mol. The van der Waals surface area contributed by atoms with Gasteiger partial charge in [0.15, 0.2) is 5.76 Å². The zero-order valence-electron chi connectivity index (χ0n) is 11.0. The van der Waals surface area contributed by atoms with Crippen molar-refractivity contribution < 1.29 is 9.26 Å². The van der Waals surface area contributed by atoms with E-state index in [9.17, 15) is 0 Å². The van der Waals surface area contributed by atoms with Crippen molar-refractivity contribution in [2.75, 3.05) is 12.8 Å². The van der Waals surface area contributed by atoms with Crippen LogP contribution in [0.2, 0.25) is 0 Å². The quantitative estimate of drug-likeness (QED) is 0.736. The summed E-state index contributed by atoms with van der Waals surface area (Å²) < 4.78 is 10.5. The predicted octanol–water partition coefficient (Wildman–Crippen LogP) is 3.60. The summed E-state index contributed by atoms with van der Waals surface area (Å²) in [6.45, 7) is 0. The number of methoxy groups -OCH3 is 1. The molecule has 0 aliphatic carbocycles. The second-order valence-electron chi connectivity index (χ2n) is 4.43. The number of nitrogen functional groups attached to an aromatic ring is 1. The Morgan fingerprint density at radius 1 is 1.00 bits per heavy atom. The first-order chi connectivity index (χ1) is 9.76. The fraction of sp³-hybridized carbons (Fsp3) is 0.0625. The second-order valence-corrected chi connectivity index (χ2v) is 4.43. The van der Waals surface area contributed by atoms with Crippen LogP contribution in [-0.2, 0) is 0 Å². The largest absolute Gasteiger partial charge is 0.497 e. The van der Waals surface area contributed by atoms with Gasteiger partial charge in [0.2, 0.25) is 0 Å². The molecule has 1 heterocycles. The molecule has 0 bridgehead atoms. The lowest BCUT2D eigenvalue weighted by Gasteiger charge is -1.99. The average Bonchev–Trinajstić information content (AvgIpc) is 2.97. The maximum absolute atomic E-state index is 5.77. The number of anilines is 1. The molecule has 0 aliphatic rings. The molecule has 4 heteroatoms. The van der Waals surface area contributed by atoms with E-state index < -0.39 is 0 Å². The lowest BCUT2D eigenvalue weighted by atomic mass is 10.1. The topological polar surface area (TPSA) is 61.3 Å². The molecule has 0 aliphatic heterocycles. The van der Waals surface area contributed by atoms with Crippen molar-refractivity contribution >= 4 is 5.69 Å². The highest BCUT2D eigenvalue weighted by Crippen LogP contribution is 2.27. The summed E-state index contributed by atoms with van der Waals surface area (Å²) in [4.78, 5) is 0.